The van der Waals surface area contributed by atoms with Gasteiger partial charge in [0.2, 0.25) is 0 Å². The molecule has 0 saturated heterocycles. The lowest BCUT2D eigenvalue weighted by atomic mass is 10.1. The zero-order valence-corrected chi connectivity index (χ0v) is 14.0. The normalized spacial score (nSPS) is 11.1. The number of hydrogen-bond acceptors (Lipinski definition) is 4. The van der Waals surface area contributed by atoms with Crippen LogP contribution in [-0.2, 0) is 6.54 Å². The SMILES string of the molecule is CCCCN(CCO)c1ncc(CNCC(C)C)cc1C. The molecule has 1 heterocycles. The minimum Gasteiger partial charge on any atom is -0.395 e. The average Bonchev–Trinajstić information content (AvgIpc) is 2.43. The van der Waals surface area contributed by atoms with E-state index >= 15 is 0 Å². The largest absolute Gasteiger partial charge is 0.395 e. The molecule has 0 saturated carbocycles. The summed E-state index contributed by atoms with van der Waals surface area (Å²) in [4.78, 5) is 6.81. The Morgan fingerprint density at radius 1 is 1.33 bits per heavy atom. The van der Waals surface area contributed by atoms with Crippen LogP contribution in [0.5, 0.6) is 0 Å². The van der Waals surface area contributed by atoms with Crippen molar-refractivity contribution in [3.8, 4) is 0 Å². The van der Waals surface area contributed by atoms with Crippen molar-refractivity contribution in [2.45, 2.75) is 47.1 Å². The third-order valence-corrected chi connectivity index (χ3v) is 3.44. The number of aliphatic hydroxyl groups is 1. The molecule has 0 bridgehead atoms. The fourth-order valence-corrected chi connectivity index (χ4v) is 2.35. The zero-order valence-electron chi connectivity index (χ0n) is 14.0. The third-order valence-electron chi connectivity index (χ3n) is 3.44. The van der Waals surface area contributed by atoms with Crippen LogP contribution in [0.2, 0.25) is 0 Å². The molecule has 4 heteroatoms. The molecule has 120 valence electrons. The summed E-state index contributed by atoms with van der Waals surface area (Å²) >= 11 is 0. The number of rotatable bonds is 10. The van der Waals surface area contributed by atoms with Gasteiger partial charge in [-0.2, -0.15) is 0 Å². The maximum Gasteiger partial charge on any atom is 0.131 e. The first-order valence-electron chi connectivity index (χ1n) is 8.10. The second-order valence-electron chi connectivity index (χ2n) is 6.07. The Labute approximate surface area is 129 Å². The minimum atomic E-state index is 0.169. The molecule has 0 aromatic carbocycles. The van der Waals surface area contributed by atoms with Gasteiger partial charge in [0, 0.05) is 25.8 Å². The molecule has 0 aliphatic heterocycles. The van der Waals surface area contributed by atoms with E-state index in [1.54, 1.807) is 0 Å². The Bertz CT molecular complexity index is 407. The highest BCUT2D eigenvalue weighted by atomic mass is 16.3. The average molecular weight is 293 g/mol. The number of aliphatic hydroxyl groups excluding tert-OH is 1. The highest BCUT2D eigenvalue weighted by Crippen LogP contribution is 2.18. The van der Waals surface area contributed by atoms with E-state index in [1.807, 2.05) is 6.20 Å². The van der Waals surface area contributed by atoms with E-state index in [1.165, 1.54) is 11.1 Å². The van der Waals surface area contributed by atoms with Crippen molar-refractivity contribution in [2.24, 2.45) is 5.92 Å². The van der Waals surface area contributed by atoms with Gasteiger partial charge in [-0.3, -0.25) is 0 Å². The summed E-state index contributed by atoms with van der Waals surface area (Å²) in [6.07, 6.45) is 4.23. The van der Waals surface area contributed by atoms with Gasteiger partial charge in [0.05, 0.1) is 6.61 Å². The number of nitrogens with zero attached hydrogens (tertiary/aromatic N) is 2. The smallest absolute Gasteiger partial charge is 0.131 e. The fraction of sp³-hybridized carbons (Fsp3) is 0.706. The van der Waals surface area contributed by atoms with E-state index in [9.17, 15) is 5.11 Å². The molecule has 0 aliphatic rings. The molecule has 1 aromatic heterocycles. The van der Waals surface area contributed by atoms with Crippen LogP contribution >= 0.6 is 0 Å². The Kier molecular flexibility index (Phi) is 8.31. The highest BCUT2D eigenvalue weighted by molar-refractivity contribution is 5.47. The summed E-state index contributed by atoms with van der Waals surface area (Å²) in [5, 5.41) is 12.7. The molecular weight excluding hydrogens is 262 g/mol. The Morgan fingerprint density at radius 2 is 2.10 bits per heavy atom. The molecule has 21 heavy (non-hydrogen) atoms. The topological polar surface area (TPSA) is 48.4 Å². The van der Waals surface area contributed by atoms with Crippen molar-refractivity contribution in [1.29, 1.82) is 0 Å². The van der Waals surface area contributed by atoms with Gasteiger partial charge in [0.1, 0.15) is 5.82 Å². The highest BCUT2D eigenvalue weighted by Gasteiger charge is 2.10. The summed E-state index contributed by atoms with van der Waals surface area (Å²) in [6, 6.07) is 2.20. The quantitative estimate of drug-likeness (QED) is 0.696. The predicted molar refractivity (Wildman–Crippen MR) is 89.7 cm³/mol. The predicted octanol–water partition coefficient (Wildman–Crippen LogP) is 2.73. The van der Waals surface area contributed by atoms with Crippen LogP contribution in [-0.4, -0.2) is 36.3 Å². The molecule has 0 spiro atoms. The number of nitrogens with one attached hydrogen (secondary N) is 1. The lowest BCUT2D eigenvalue weighted by molar-refractivity contribution is 0.301. The number of hydrogen-bond donors (Lipinski definition) is 2. The van der Waals surface area contributed by atoms with Crippen molar-refractivity contribution in [3.63, 3.8) is 0 Å². The zero-order chi connectivity index (χ0) is 15.7. The van der Waals surface area contributed by atoms with Gasteiger partial charge in [-0.15, -0.1) is 0 Å². The van der Waals surface area contributed by atoms with E-state index in [4.69, 9.17) is 0 Å². The monoisotopic (exact) mass is 293 g/mol. The van der Waals surface area contributed by atoms with E-state index in [2.05, 4.69) is 49.0 Å². The molecule has 4 nitrogen and oxygen atoms in total. The Morgan fingerprint density at radius 3 is 2.67 bits per heavy atom. The molecule has 0 radical (unpaired) electrons. The fourth-order valence-electron chi connectivity index (χ4n) is 2.35. The van der Waals surface area contributed by atoms with Crippen molar-refractivity contribution in [1.82, 2.24) is 10.3 Å². The molecule has 0 aliphatic carbocycles. The minimum absolute atomic E-state index is 0.169. The Hall–Kier alpha value is -1.13. The van der Waals surface area contributed by atoms with Gasteiger partial charge in [-0.05, 0) is 43.0 Å². The summed E-state index contributed by atoms with van der Waals surface area (Å²) in [7, 11) is 0. The second-order valence-corrected chi connectivity index (χ2v) is 6.07. The molecule has 0 atom stereocenters. The van der Waals surface area contributed by atoms with Gasteiger partial charge in [-0.1, -0.05) is 27.2 Å². The second kappa shape index (κ2) is 9.74. The van der Waals surface area contributed by atoms with Gasteiger partial charge >= 0.3 is 0 Å². The molecule has 0 fully saturated rings. The van der Waals surface area contributed by atoms with Gasteiger partial charge < -0.3 is 15.3 Å². The summed E-state index contributed by atoms with van der Waals surface area (Å²) in [5.41, 5.74) is 2.40. The Balaban J connectivity index is 2.70. The molecule has 1 aromatic rings. The number of pyridine rings is 1. The van der Waals surface area contributed by atoms with Gasteiger partial charge in [0.25, 0.3) is 0 Å². The molecular formula is C17H31N3O. The van der Waals surface area contributed by atoms with Crippen molar-refractivity contribution >= 4 is 5.82 Å². The van der Waals surface area contributed by atoms with Crippen LogP contribution in [0.4, 0.5) is 5.82 Å². The lowest BCUT2D eigenvalue weighted by Gasteiger charge is -2.24. The van der Waals surface area contributed by atoms with E-state index < -0.39 is 0 Å². The van der Waals surface area contributed by atoms with Crippen LogP contribution in [0.25, 0.3) is 0 Å². The number of anilines is 1. The molecule has 2 N–H and O–H groups in total. The van der Waals surface area contributed by atoms with Crippen LogP contribution in [0.3, 0.4) is 0 Å². The number of unbranched alkanes of at least 4 members (excludes halogenated alkanes) is 1. The summed E-state index contributed by atoms with van der Waals surface area (Å²) < 4.78 is 0. The molecule has 1 rings (SSSR count). The van der Waals surface area contributed by atoms with Crippen LogP contribution in [0.1, 0.15) is 44.7 Å². The van der Waals surface area contributed by atoms with Gasteiger partial charge in [0.15, 0.2) is 0 Å². The van der Waals surface area contributed by atoms with E-state index in [0.29, 0.717) is 12.5 Å². The van der Waals surface area contributed by atoms with Gasteiger partial charge in [-0.25, -0.2) is 4.98 Å². The van der Waals surface area contributed by atoms with Crippen LogP contribution in [0, 0.1) is 12.8 Å². The number of aromatic nitrogens is 1. The maximum atomic E-state index is 9.23. The lowest BCUT2D eigenvalue weighted by Crippen LogP contribution is -2.29. The van der Waals surface area contributed by atoms with Crippen LogP contribution in [0.15, 0.2) is 12.3 Å². The van der Waals surface area contributed by atoms with Crippen molar-refractivity contribution in [3.05, 3.63) is 23.4 Å². The van der Waals surface area contributed by atoms with E-state index in [-0.39, 0.29) is 6.61 Å². The molecule has 0 amide bonds. The molecule has 0 unspecified atom stereocenters. The first-order chi connectivity index (χ1) is 10.1. The van der Waals surface area contributed by atoms with E-state index in [0.717, 1.165) is 38.3 Å². The summed E-state index contributed by atoms with van der Waals surface area (Å²) in [5.74, 6) is 1.66. The van der Waals surface area contributed by atoms with Crippen molar-refractivity contribution in [2.75, 3.05) is 31.1 Å². The van der Waals surface area contributed by atoms with Crippen LogP contribution < -0.4 is 10.2 Å². The maximum absolute atomic E-state index is 9.23. The first-order valence-corrected chi connectivity index (χ1v) is 8.10. The standard InChI is InChI=1S/C17H31N3O/c1-5-6-7-20(8-9-21)17-15(4)10-16(13-19-17)12-18-11-14(2)3/h10,13-14,18,21H,5-9,11-12H2,1-4H3. The third kappa shape index (κ3) is 6.44. The first kappa shape index (κ1) is 17.9. The summed E-state index contributed by atoms with van der Waals surface area (Å²) in [6.45, 7) is 12.4. The number of aryl methyl sites for hydroxylation is 1. The van der Waals surface area contributed by atoms with Crippen molar-refractivity contribution < 1.29 is 5.11 Å².